The first kappa shape index (κ1) is 15.1. The Morgan fingerprint density at radius 2 is 1.15 bits per heavy atom. The van der Waals surface area contributed by atoms with Crippen LogP contribution < -0.4 is 0 Å². The Morgan fingerprint density at radius 3 is 1.23 bits per heavy atom. The molecule has 0 aromatic heterocycles. The molecule has 0 radical (unpaired) electrons. The molecule has 0 unspecified atom stereocenters. The van der Waals surface area contributed by atoms with Gasteiger partial charge in [0.1, 0.15) is 0 Å². The molecule has 4 N–H and O–H groups in total. The lowest BCUT2D eigenvalue weighted by Gasteiger charge is -2.16. The van der Waals surface area contributed by atoms with E-state index in [1.807, 2.05) is 0 Å². The molecule has 0 heterocycles. The van der Waals surface area contributed by atoms with E-state index in [1.165, 1.54) is 12.2 Å². The standard InChI is InChI=1S/C5H12O2.C4H8O2/c1-5(2,3-6)4-7;5-3-1-2-4-6/h6-7H,3-4H2,1-2H3;1-2,5-6H,3-4H2. The van der Waals surface area contributed by atoms with Crippen LogP contribution in [0.4, 0.5) is 0 Å². The zero-order chi connectivity index (χ0) is 10.7. The highest BCUT2D eigenvalue weighted by Gasteiger charge is 2.13. The largest absolute Gasteiger partial charge is 0.396 e. The van der Waals surface area contributed by atoms with Gasteiger partial charge in [-0.3, -0.25) is 0 Å². The van der Waals surface area contributed by atoms with Crippen LogP contribution in [0.25, 0.3) is 0 Å². The van der Waals surface area contributed by atoms with Crippen LogP contribution in [0.3, 0.4) is 0 Å². The van der Waals surface area contributed by atoms with Crippen molar-refractivity contribution in [2.75, 3.05) is 26.4 Å². The number of rotatable bonds is 4. The number of hydrogen-bond donors (Lipinski definition) is 4. The van der Waals surface area contributed by atoms with Crippen LogP contribution in [0.5, 0.6) is 0 Å². The third-order valence-corrected chi connectivity index (χ3v) is 1.23. The van der Waals surface area contributed by atoms with Gasteiger partial charge in [-0.25, -0.2) is 0 Å². The van der Waals surface area contributed by atoms with E-state index in [9.17, 15) is 0 Å². The SMILES string of the molecule is CC(C)(CO)CO.OCC=CCO. The Labute approximate surface area is 79.2 Å². The molecule has 0 aromatic carbocycles. The van der Waals surface area contributed by atoms with E-state index in [-0.39, 0.29) is 31.8 Å². The Balaban J connectivity index is 0. The summed E-state index contributed by atoms with van der Waals surface area (Å²) in [5, 5.41) is 32.9. The Bertz CT molecular complexity index is 109. The molecule has 0 saturated carbocycles. The third kappa shape index (κ3) is 14.4. The van der Waals surface area contributed by atoms with Gasteiger partial charge in [-0.1, -0.05) is 26.0 Å². The molecule has 0 aromatic rings. The monoisotopic (exact) mass is 192 g/mol. The lowest BCUT2D eigenvalue weighted by Crippen LogP contribution is -2.20. The van der Waals surface area contributed by atoms with E-state index < -0.39 is 0 Å². The number of aliphatic hydroxyl groups excluding tert-OH is 4. The fourth-order valence-corrected chi connectivity index (χ4v) is 0.199. The molecule has 0 aliphatic heterocycles. The van der Waals surface area contributed by atoms with Gasteiger partial charge < -0.3 is 20.4 Å². The summed E-state index contributed by atoms with van der Waals surface area (Å²) in [6.45, 7) is 3.72. The van der Waals surface area contributed by atoms with Gasteiger partial charge in [-0.05, 0) is 0 Å². The molecule has 4 heteroatoms. The van der Waals surface area contributed by atoms with Crippen molar-refractivity contribution in [3.63, 3.8) is 0 Å². The van der Waals surface area contributed by atoms with Gasteiger partial charge in [0.15, 0.2) is 0 Å². The van der Waals surface area contributed by atoms with Crippen molar-refractivity contribution in [3.05, 3.63) is 12.2 Å². The van der Waals surface area contributed by atoms with Crippen LogP contribution in [0.15, 0.2) is 12.2 Å². The van der Waals surface area contributed by atoms with E-state index in [4.69, 9.17) is 20.4 Å². The second-order valence-electron chi connectivity index (χ2n) is 3.32. The molecule has 13 heavy (non-hydrogen) atoms. The highest BCUT2D eigenvalue weighted by molar-refractivity contribution is 4.78. The van der Waals surface area contributed by atoms with Crippen molar-refractivity contribution in [3.8, 4) is 0 Å². The van der Waals surface area contributed by atoms with E-state index in [0.29, 0.717) is 0 Å². The third-order valence-electron chi connectivity index (χ3n) is 1.23. The zero-order valence-electron chi connectivity index (χ0n) is 8.27. The van der Waals surface area contributed by atoms with E-state index >= 15 is 0 Å². The van der Waals surface area contributed by atoms with Gasteiger partial charge in [0, 0.05) is 5.41 Å². The first-order valence-corrected chi connectivity index (χ1v) is 4.12. The van der Waals surface area contributed by atoms with E-state index in [2.05, 4.69) is 0 Å². The van der Waals surface area contributed by atoms with Crippen LogP contribution in [-0.2, 0) is 0 Å². The smallest absolute Gasteiger partial charge is 0.0613 e. The van der Waals surface area contributed by atoms with Crippen molar-refractivity contribution >= 4 is 0 Å². The van der Waals surface area contributed by atoms with Crippen molar-refractivity contribution in [2.24, 2.45) is 5.41 Å². The molecule has 0 spiro atoms. The highest BCUT2D eigenvalue weighted by atomic mass is 16.3. The molecule has 0 aliphatic carbocycles. The molecular formula is C9H20O4. The summed E-state index contributed by atoms with van der Waals surface area (Å²) in [6, 6.07) is 0. The lowest BCUT2D eigenvalue weighted by molar-refractivity contribution is 0.0857. The molecule has 0 saturated heterocycles. The van der Waals surface area contributed by atoms with Crippen molar-refractivity contribution < 1.29 is 20.4 Å². The molecule has 0 aliphatic rings. The van der Waals surface area contributed by atoms with E-state index in [0.717, 1.165) is 0 Å². The zero-order valence-corrected chi connectivity index (χ0v) is 8.27. The molecule has 0 rings (SSSR count). The number of hydrogen-bond acceptors (Lipinski definition) is 4. The van der Waals surface area contributed by atoms with Crippen LogP contribution in [0.2, 0.25) is 0 Å². The Kier molecular flexibility index (Phi) is 11.2. The van der Waals surface area contributed by atoms with Gasteiger partial charge >= 0.3 is 0 Å². The second kappa shape index (κ2) is 9.67. The van der Waals surface area contributed by atoms with Gasteiger partial charge in [-0.2, -0.15) is 0 Å². The van der Waals surface area contributed by atoms with Gasteiger partial charge in [0.2, 0.25) is 0 Å². The molecule has 4 nitrogen and oxygen atoms in total. The molecule has 0 fully saturated rings. The summed E-state index contributed by atoms with van der Waals surface area (Å²) in [5.41, 5.74) is -0.306. The first-order valence-electron chi connectivity index (χ1n) is 4.12. The highest BCUT2D eigenvalue weighted by Crippen LogP contribution is 2.10. The van der Waals surface area contributed by atoms with Crippen LogP contribution in [0.1, 0.15) is 13.8 Å². The van der Waals surface area contributed by atoms with Crippen LogP contribution in [-0.4, -0.2) is 46.9 Å². The maximum atomic E-state index is 8.43. The summed E-state index contributed by atoms with van der Waals surface area (Å²) in [6.07, 6.45) is 2.97. The van der Waals surface area contributed by atoms with Crippen LogP contribution >= 0.6 is 0 Å². The summed E-state index contributed by atoms with van der Waals surface area (Å²) in [5.74, 6) is 0. The second-order valence-corrected chi connectivity index (χ2v) is 3.32. The first-order chi connectivity index (χ1) is 6.04. The molecule has 0 atom stereocenters. The average molecular weight is 192 g/mol. The normalized spacial score (nSPS) is 11.2. The van der Waals surface area contributed by atoms with Gasteiger partial charge in [0.25, 0.3) is 0 Å². The Morgan fingerprint density at radius 1 is 0.846 bits per heavy atom. The molecule has 0 bridgehead atoms. The van der Waals surface area contributed by atoms with Gasteiger partial charge in [0.05, 0.1) is 26.4 Å². The predicted octanol–water partition coefficient (Wildman–Crippen LogP) is -0.476. The van der Waals surface area contributed by atoms with Crippen molar-refractivity contribution in [1.82, 2.24) is 0 Å². The summed E-state index contributed by atoms with van der Waals surface area (Å²) in [7, 11) is 0. The molecule has 80 valence electrons. The van der Waals surface area contributed by atoms with Crippen molar-refractivity contribution in [2.45, 2.75) is 13.8 Å². The Hall–Kier alpha value is -0.420. The summed E-state index contributed by atoms with van der Waals surface area (Å²) < 4.78 is 0. The maximum Gasteiger partial charge on any atom is 0.0613 e. The summed E-state index contributed by atoms with van der Waals surface area (Å²) in [4.78, 5) is 0. The predicted molar refractivity (Wildman–Crippen MR) is 51.3 cm³/mol. The van der Waals surface area contributed by atoms with Gasteiger partial charge in [-0.15, -0.1) is 0 Å². The fourth-order valence-electron chi connectivity index (χ4n) is 0.199. The topological polar surface area (TPSA) is 80.9 Å². The fraction of sp³-hybridized carbons (Fsp3) is 0.778. The van der Waals surface area contributed by atoms with E-state index in [1.54, 1.807) is 13.8 Å². The molecular weight excluding hydrogens is 172 g/mol. The lowest BCUT2D eigenvalue weighted by atomic mass is 9.97. The maximum absolute atomic E-state index is 8.43. The number of aliphatic hydroxyl groups is 4. The summed E-state index contributed by atoms with van der Waals surface area (Å²) >= 11 is 0. The minimum absolute atomic E-state index is 0.0144. The average Bonchev–Trinajstić information content (AvgIpc) is 2.16. The van der Waals surface area contributed by atoms with Crippen molar-refractivity contribution in [1.29, 1.82) is 0 Å². The minimum atomic E-state index is -0.306. The minimum Gasteiger partial charge on any atom is -0.396 e. The van der Waals surface area contributed by atoms with Crippen LogP contribution in [0, 0.1) is 5.41 Å². The molecule has 0 amide bonds. The quantitative estimate of drug-likeness (QED) is 0.454.